The Morgan fingerprint density at radius 1 is 1.19 bits per heavy atom. The summed E-state index contributed by atoms with van der Waals surface area (Å²) in [5.41, 5.74) is 6.26. The van der Waals surface area contributed by atoms with Crippen LogP contribution < -0.4 is 5.32 Å². The van der Waals surface area contributed by atoms with Gasteiger partial charge in [-0.1, -0.05) is 30.3 Å². The van der Waals surface area contributed by atoms with Crippen molar-refractivity contribution in [1.82, 2.24) is 9.97 Å². The minimum Gasteiger partial charge on any atom is -0.358 e. The largest absolute Gasteiger partial charge is 0.358 e. The zero-order valence-electron chi connectivity index (χ0n) is 15.0. The molecule has 4 aromatic rings. The Bertz CT molecular complexity index is 1150. The smallest absolute Gasteiger partial charge is 0.227 e. The number of carbonyl (C=O) groups is 1. The third-order valence-corrected chi connectivity index (χ3v) is 5.87. The highest BCUT2D eigenvalue weighted by atomic mass is 32.1. The van der Waals surface area contributed by atoms with E-state index in [4.69, 9.17) is 4.98 Å². The van der Waals surface area contributed by atoms with E-state index in [1.54, 1.807) is 11.3 Å². The van der Waals surface area contributed by atoms with Crippen molar-refractivity contribution < 1.29 is 4.79 Å². The number of benzene rings is 2. The van der Waals surface area contributed by atoms with Crippen LogP contribution in [0.4, 0.5) is 5.69 Å². The Morgan fingerprint density at radius 3 is 2.89 bits per heavy atom. The second kappa shape index (κ2) is 6.35. The molecule has 1 amide bonds. The van der Waals surface area contributed by atoms with Gasteiger partial charge in [-0.25, -0.2) is 4.98 Å². The lowest BCUT2D eigenvalue weighted by molar-refractivity contribution is -0.117. The van der Waals surface area contributed by atoms with Crippen LogP contribution in [0.1, 0.15) is 18.5 Å². The number of H-pyrrole nitrogens is 1. The number of thiazole rings is 1. The van der Waals surface area contributed by atoms with Gasteiger partial charge in [-0.3, -0.25) is 4.79 Å². The van der Waals surface area contributed by atoms with E-state index in [1.807, 2.05) is 30.3 Å². The Balaban J connectivity index is 1.48. The first-order valence-electron chi connectivity index (χ1n) is 9.13. The molecular weight excluding hydrogens is 354 g/mol. The molecule has 1 aliphatic carbocycles. The average molecular weight is 373 g/mol. The van der Waals surface area contributed by atoms with Gasteiger partial charge in [0.1, 0.15) is 5.01 Å². The van der Waals surface area contributed by atoms with Crippen LogP contribution in [0, 0.1) is 12.8 Å². The number of hydrogen-bond acceptors (Lipinski definition) is 3. The molecule has 1 fully saturated rings. The number of para-hydroxylation sites is 1. The van der Waals surface area contributed by atoms with Crippen molar-refractivity contribution in [2.24, 2.45) is 5.92 Å². The summed E-state index contributed by atoms with van der Waals surface area (Å²) in [5.74, 6) is 0.325. The van der Waals surface area contributed by atoms with Crippen molar-refractivity contribution in [3.8, 4) is 21.8 Å². The normalized spacial score (nSPS) is 13.8. The van der Waals surface area contributed by atoms with Gasteiger partial charge in [-0.15, -0.1) is 11.3 Å². The molecule has 0 unspecified atom stereocenters. The van der Waals surface area contributed by atoms with E-state index >= 15 is 0 Å². The molecule has 4 nitrogen and oxygen atoms in total. The second-order valence-corrected chi connectivity index (χ2v) is 7.91. The van der Waals surface area contributed by atoms with Gasteiger partial charge < -0.3 is 10.3 Å². The molecule has 27 heavy (non-hydrogen) atoms. The fraction of sp³-hybridized carbons (Fsp3) is 0.182. The zero-order chi connectivity index (χ0) is 18.4. The lowest BCUT2D eigenvalue weighted by Crippen LogP contribution is -2.13. The van der Waals surface area contributed by atoms with E-state index in [9.17, 15) is 4.79 Å². The standard InChI is InChI=1S/C22H19N3OS/c1-13-20(17-7-2-3-8-18(17)23-13)19-12-27-22(25-19)15-5-4-6-16(11-15)24-21(26)14-9-10-14/h2-8,11-12,14,23H,9-10H2,1H3,(H,24,26). The molecule has 0 bridgehead atoms. The second-order valence-electron chi connectivity index (χ2n) is 7.05. The number of hydrogen-bond donors (Lipinski definition) is 2. The van der Waals surface area contributed by atoms with Crippen LogP contribution in [0.5, 0.6) is 0 Å². The molecule has 0 aliphatic heterocycles. The third-order valence-electron chi connectivity index (χ3n) is 4.98. The summed E-state index contributed by atoms with van der Waals surface area (Å²) in [6, 6.07) is 16.3. The highest BCUT2D eigenvalue weighted by Gasteiger charge is 2.29. The number of aromatic nitrogens is 2. The Kier molecular flexibility index (Phi) is 3.83. The fourth-order valence-corrected chi connectivity index (χ4v) is 4.26. The molecule has 0 atom stereocenters. The number of aromatic amines is 1. The van der Waals surface area contributed by atoms with E-state index in [1.165, 1.54) is 5.39 Å². The van der Waals surface area contributed by atoms with Crippen molar-refractivity contribution in [2.45, 2.75) is 19.8 Å². The number of fused-ring (bicyclic) bond motifs is 1. The molecule has 1 aliphatic rings. The topological polar surface area (TPSA) is 57.8 Å². The summed E-state index contributed by atoms with van der Waals surface area (Å²) in [6.07, 6.45) is 2.01. The number of aryl methyl sites for hydroxylation is 1. The molecule has 5 rings (SSSR count). The average Bonchev–Trinajstić information content (AvgIpc) is 3.32. The van der Waals surface area contributed by atoms with Crippen LogP contribution in [0.3, 0.4) is 0 Å². The van der Waals surface area contributed by atoms with E-state index in [0.717, 1.165) is 51.6 Å². The Hall–Kier alpha value is -2.92. The van der Waals surface area contributed by atoms with Crippen molar-refractivity contribution in [3.63, 3.8) is 0 Å². The van der Waals surface area contributed by atoms with Crippen LogP contribution in [-0.4, -0.2) is 15.9 Å². The van der Waals surface area contributed by atoms with Crippen LogP contribution in [0.15, 0.2) is 53.9 Å². The number of anilines is 1. The van der Waals surface area contributed by atoms with Gasteiger partial charge >= 0.3 is 0 Å². The maximum Gasteiger partial charge on any atom is 0.227 e. The lowest BCUT2D eigenvalue weighted by Gasteiger charge is -2.05. The summed E-state index contributed by atoms with van der Waals surface area (Å²) in [7, 11) is 0. The lowest BCUT2D eigenvalue weighted by atomic mass is 10.1. The molecule has 5 heteroatoms. The van der Waals surface area contributed by atoms with Gasteiger partial charge in [-0.2, -0.15) is 0 Å². The highest BCUT2D eigenvalue weighted by molar-refractivity contribution is 7.13. The number of amides is 1. The maximum atomic E-state index is 12.0. The SMILES string of the molecule is Cc1[nH]c2ccccc2c1-c1csc(-c2cccc(NC(=O)C3CC3)c2)n1. The first kappa shape index (κ1) is 16.3. The van der Waals surface area contributed by atoms with Gasteiger partial charge in [0.05, 0.1) is 5.69 Å². The van der Waals surface area contributed by atoms with Crippen molar-refractivity contribution in [3.05, 3.63) is 59.6 Å². The summed E-state index contributed by atoms with van der Waals surface area (Å²) < 4.78 is 0. The van der Waals surface area contributed by atoms with Gasteiger partial charge in [0.15, 0.2) is 0 Å². The van der Waals surface area contributed by atoms with Gasteiger partial charge in [0.25, 0.3) is 0 Å². The maximum absolute atomic E-state index is 12.0. The van der Waals surface area contributed by atoms with Crippen LogP contribution in [0.2, 0.25) is 0 Å². The summed E-state index contributed by atoms with van der Waals surface area (Å²) in [6.45, 7) is 2.09. The molecule has 2 heterocycles. The van der Waals surface area contributed by atoms with Gasteiger partial charge in [0.2, 0.25) is 5.91 Å². The number of nitrogens with one attached hydrogen (secondary N) is 2. The number of nitrogens with zero attached hydrogens (tertiary/aromatic N) is 1. The summed E-state index contributed by atoms with van der Waals surface area (Å²) >= 11 is 1.63. The Labute approximate surface area is 161 Å². The first-order valence-corrected chi connectivity index (χ1v) is 10.0. The minimum absolute atomic E-state index is 0.126. The highest BCUT2D eigenvalue weighted by Crippen LogP contribution is 2.36. The monoisotopic (exact) mass is 373 g/mol. The first-order chi connectivity index (χ1) is 13.2. The molecule has 2 aromatic carbocycles. The Morgan fingerprint density at radius 2 is 2.04 bits per heavy atom. The van der Waals surface area contributed by atoms with E-state index < -0.39 is 0 Å². The molecule has 2 aromatic heterocycles. The number of carbonyl (C=O) groups excluding carboxylic acids is 1. The predicted molar refractivity (Wildman–Crippen MR) is 111 cm³/mol. The van der Waals surface area contributed by atoms with Gasteiger partial charge in [0, 0.05) is 44.7 Å². The quantitative estimate of drug-likeness (QED) is 0.488. The van der Waals surface area contributed by atoms with E-state index in [0.29, 0.717) is 0 Å². The van der Waals surface area contributed by atoms with Crippen LogP contribution >= 0.6 is 11.3 Å². The van der Waals surface area contributed by atoms with Crippen molar-refractivity contribution in [1.29, 1.82) is 0 Å². The molecule has 0 saturated heterocycles. The molecule has 134 valence electrons. The molecule has 2 N–H and O–H groups in total. The zero-order valence-corrected chi connectivity index (χ0v) is 15.8. The summed E-state index contributed by atoms with van der Waals surface area (Å²) in [4.78, 5) is 20.3. The predicted octanol–water partition coefficient (Wildman–Crippen LogP) is 5.62. The molecule has 0 radical (unpaired) electrons. The van der Waals surface area contributed by atoms with Crippen molar-refractivity contribution in [2.75, 3.05) is 5.32 Å². The van der Waals surface area contributed by atoms with E-state index in [-0.39, 0.29) is 11.8 Å². The van der Waals surface area contributed by atoms with Crippen molar-refractivity contribution >= 4 is 33.8 Å². The molecule has 1 saturated carbocycles. The summed E-state index contributed by atoms with van der Waals surface area (Å²) in [5, 5.41) is 7.27. The molecular formula is C22H19N3OS. The number of rotatable bonds is 4. The third kappa shape index (κ3) is 3.04. The van der Waals surface area contributed by atoms with E-state index in [2.05, 4.69) is 40.8 Å². The molecule has 0 spiro atoms. The minimum atomic E-state index is 0.126. The van der Waals surface area contributed by atoms with Crippen LogP contribution in [0.25, 0.3) is 32.7 Å². The van der Waals surface area contributed by atoms with Gasteiger partial charge in [-0.05, 0) is 38.0 Å². The van der Waals surface area contributed by atoms with Crippen LogP contribution in [-0.2, 0) is 4.79 Å². The fourth-order valence-electron chi connectivity index (χ4n) is 3.45.